The van der Waals surface area contributed by atoms with Crippen LogP contribution in [0.3, 0.4) is 0 Å². The first kappa shape index (κ1) is 32.0. The molecule has 9 aromatic rings. The van der Waals surface area contributed by atoms with Gasteiger partial charge in [0.05, 0.1) is 16.6 Å². The van der Waals surface area contributed by atoms with Crippen molar-refractivity contribution < 1.29 is 0 Å². The predicted molar refractivity (Wildman–Crippen MR) is 227 cm³/mol. The van der Waals surface area contributed by atoms with Gasteiger partial charge in [-0.2, -0.15) is 0 Å². The third-order valence-corrected chi connectivity index (χ3v) is 10.3. The first-order valence-corrected chi connectivity index (χ1v) is 18.1. The highest BCUT2D eigenvalue weighted by Gasteiger charge is 2.14. The molecule has 2 nitrogen and oxygen atoms in total. The van der Waals surface area contributed by atoms with E-state index in [1.165, 1.54) is 60.7 Å². The monoisotopic (exact) mass is 678 g/mol. The number of fused-ring (bicyclic) bond motifs is 4. The third-order valence-electron chi connectivity index (χ3n) is 10.3. The summed E-state index contributed by atoms with van der Waals surface area (Å²) >= 11 is 0. The van der Waals surface area contributed by atoms with E-state index < -0.39 is 0 Å². The molecule has 53 heavy (non-hydrogen) atoms. The Balaban J connectivity index is 1.10. The van der Waals surface area contributed by atoms with Gasteiger partial charge in [-0.1, -0.05) is 134 Å². The molecule has 0 amide bonds. The number of benzene rings is 7. The van der Waals surface area contributed by atoms with Gasteiger partial charge in [0, 0.05) is 33.7 Å². The van der Waals surface area contributed by atoms with Crippen LogP contribution >= 0.6 is 0 Å². The standard InChI is InChI=1S/C51H38N2/c1-36(38-14-6-3-7-15-38)32-44(33-37(2)39-16-8-4-9-17-39)40-22-26-46(27-23-40)53-50-21-13-12-20-47(50)48-35-42(25-29-51(48)53)41-24-28-49-43(34-41)30-31-52(49)45-18-10-5-11-19-45/h3-35H,1H2,2H3/b37-33+,44-32+. The van der Waals surface area contributed by atoms with Crippen molar-refractivity contribution in [1.82, 2.24) is 9.13 Å². The summed E-state index contributed by atoms with van der Waals surface area (Å²) in [5.74, 6) is 0. The van der Waals surface area contributed by atoms with Crippen LogP contribution in [0.4, 0.5) is 0 Å². The fourth-order valence-electron chi connectivity index (χ4n) is 7.52. The van der Waals surface area contributed by atoms with Crippen molar-refractivity contribution in [3.05, 3.63) is 224 Å². The van der Waals surface area contributed by atoms with Crippen LogP contribution in [0.15, 0.2) is 207 Å². The summed E-state index contributed by atoms with van der Waals surface area (Å²) in [6.07, 6.45) is 6.63. The zero-order valence-electron chi connectivity index (χ0n) is 29.7. The maximum absolute atomic E-state index is 4.44. The highest BCUT2D eigenvalue weighted by Crippen LogP contribution is 2.36. The summed E-state index contributed by atoms with van der Waals surface area (Å²) in [4.78, 5) is 0. The van der Waals surface area contributed by atoms with Crippen molar-refractivity contribution in [2.24, 2.45) is 0 Å². The van der Waals surface area contributed by atoms with Crippen molar-refractivity contribution in [3.8, 4) is 22.5 Å². The molecule has 9 rings (SSSR count). The van der Waals surface area contributed by atoms with Crippen LogP contribution in [0.1, 0.15) is 23.6 Å². The molecule has 0 atom stereocenters. The molecule has 2 heteroatoms. The van der Waals surface area contributed by atoms with Crippen molar-refractivity contribution in [1.29, 1.82) is 0 Å². The summed E-state index contributed by atoms with van der Waals surface area (Å²) < 4.78 is 4.64. The Kier molecular flexibility index (Phi) is 8.26. The average molecular weight is 679 g/mol. The minimum atomic E-state index is 0.980. The van der Waals surface area contributed by atoms with Gasteiger partial charge in [0.1, 0.15) is 0 Å². The molecule has 0 N–H and O–H groups in total. The van der Waals surface area contributed by atoms with Crippen LogP contribution in [0, 0.1) is 0 Å². The zero-order chi connectivity index (χ0) is 35.7. The Bertz CT molecular complexity index is 2810. The number of nitrogens with zero attached hydrogens (tertiary/aromatic N) is 2. The van der Waals surface area contributed by atoms with E-state index in [4.69, 9.17) is 0 Å². The SMILES string of the molecule is C=C(/C=C(\C=C(/C)c1ccccc1)c1ccc(-n2c3ccccc3c3cc(-c4ccc5c(ccn5-c5ccccc5)c4)ccc32)cc1)c1ccccc1. The molecule has 2 heterocycles. The maximum Gasteiger partial charge on any atom is 0.0541 e. The van der Waals surface area contributed by atoms with E-state index in [-0.39, 0.29) is 0 Å². The fraction of sp³-hybridized carbons (Fsp3) is 0.0196. The number of aromatic nitrogens is 2. The van der Waals surface area contributed by atoms with Crippen molar-refractivity contribution >= 4 is 49.4 Å². The number of rotatable bonds is 8. The second kappa shape index (κ2) is 13.7. The molecule has 0 saturated carbocycles. The van der Waals surface area contributed by atoms with Crippen LogP contribution in [-0.4, -0.2) is 9.13 Å². The van der Waals surface area contributed by atoms with Crippen LogP contribution in [0.5, 0.6) is 0 Å². The third kappa shape index (κ3) is 6.11. The second-order valence-corrected chi connectivity index (χ2v) is 13.6. The van der Waals surface area contributed by atoms with Gasteiger partial charge in [-0.05, 0) is 118 Å². The number of para-hydroxylation sites is 2. The van der Waals surface area contributed by atoms with Crippen molar-refractivity contribution in [3.63, 3.8) is 0 Å². The van der Waals surface area contributed by atoms with Gasteiger partial charge in [0.25, 0.3) is 0 Å². The van der Waals surface area contributed by atoms with E-state index in [1.54, 1.807) is 0 Å². The molecular weight excluding hydrogens is 641 g/mol. The van der Waals surface area contributed by atoms with Gasteiger partial charge in [0.15, 0.2) is 0 Å². The molecule has 0 spiro atoms. The lowest BCUT2D eigenvalue weighted by atomic mass is 9.96. The Labute approximate surface area is 310 Å². The Morgan fingerprint density at radius 1 is 0.472 bits per heavy atom. The topological polar surface area (TPSA) is 9.86 Å². The number of allylic oxidation sites excluding steroid dienone is 5. The molecule has 0 fully saturated rings. The summed E-state index contributed by atoms with van der Waals surface area (Å²) in [6.45, 7) is 6.62. The minimum Gasteiger partial charge on any atom is -0.317 e. The van der Waals surface area contributed by atoms with Gasteiger partial charge in [0.2, 0.25) is 0 Å². The molecule has 252 valence electrons. The van der Waals surface area contributed by atoms with Crippen LogP contribution in [-0.2, 0) is 0 Å². The Hall–Kier alpha value is -6.90. The summed E-state index contributed by atoms with van der Waals surface area (Å²) in [5.41, 5.74) is 15.1. The Morgan fingerprint density at radius 3 is 1.81 bits per heavy atom. The lowest BCUT2D eigenvalue weighted by molar-refractivity contribution is 1.13. The second-order valence-electron chi connectivity index (χ2n) is 13.6. The molecule has 0 radical (unpaired) electrons. The van der Waals surface area contributed by atoms with Crippen LogP contribution in [0.25, 0.3) is 71.9 Å². The largest absolute Gasteiger partial charge is 0.317 e. The lowest BCUT2D eigenvalue weighted by Gasteiger charge is -2.12. The first-order chi connectivity index (χ1) is 26.1. The van der Waals surface area contributed by atoms with Gasteiger partial charge in [-0.25, -0.2) is 0 Å². The Morgan fingerprint density at radius 2 is 1.08 bits per heavy atom. The predicted octanol–water partition coefficient (Wildman–Crippen LogP) is 13.6. The molecular formula is C51H38N2. The normalized spacial score (nSPS) is 12.2. The number of hydrogen-bond donors (Lipinski definition) is 0. The average Bonchev–Trinajstić information content (AvgIpc) is 3.80. The first-order valence-electron chi connectivity index (χ1n) is 18.1. The smallest absolute Gasteiger partial charge is 0.0541 e. The van der Waals surface area contributed by atoms with Crippen LogP contribution < -0.4 is 0 Å². The van der Waals surface area contributed by atoms with E-state index in [1.807, 2.05) is 6.07 Å². The summed E-state index contributed by atoms with van der Waals surface area (Å²) in [6, 6.07) is 65.0. The quantitative estimate of drug-likeness (QED) is 0.142. The van der Waals surface area contributed by atoms with Gasteiger partial charge in [-0.15, -0.1) is 0 Å². The van der Waals surface area contributed by atoms with E-state index in [2.05, 4.69) is 217 Å². The van der Waals surface area contributed by atoms with E-state index in [0.29, 0.717) is 0 Å². The molecule has 7 aromatic carbocycles. The molecule has 2 aromatic heterocycles. The number of hydrogen-bond acceptors (Lipinski definition) is 0. The van der Waals surface area contributed by atoms with E-state index in [9.17, 15) is 0 Å². The minimum absolute atomic E-state index is 0.980. The highest BCUT2D eigenvalue weighted by atomic mass is 15.0. The van der Waals surface area contributed by atoms with Gasteiger partial charge in [-0.3, -0.25) is 0 Å². The molecule has 0 aliphatic heterocycles. The molecule has 0 unspecified atom stereocenters. The van der Waals surface area contributed by atoms with Crippen molar-refractivity contribution in [2.75, 3.05) is 0 Å². The van der Waals surface area contributed by atoms with Gasteiger partial charge < -0.3 is 9.13 Å². The molecule has 0 bridgehead atoms. The van der Waals surface area contributed by atoms with Crippen LogP contribution in [0.2, 0.25) is 0 Å². The summed E-state index contributed by atoms with van der Waals surface area (Å²) in [7, 11) is 0. The van der Waals surface area contributed by atoms with E-state index in [0.717, 1.165) is 28.0 Å². The zero-order valence-corrected chi connectivity index (χ0v) is 29.7. The lowest BCUT2D eigenvalue weighted by Crippen LogP contribution is -1.94. The van der Waals surface area contributed by atoms with Crippen molar-refractivity contribution in [2.45, 2.75) is 6.92 Å². The fourth-order valence-corrected chi connectivity index (χ4v) is 7.52. The van der Waals surface area contributed by atoms with Gasteiger partial charge >= 0.3 is 0 Å². The highest BCUT2D eigenvalue weighted by molar-refractivity contribution is 6.10. The summed E-state index contributed by atoms with van der Waals surface area (Å²) in [5, 5.41) is 3.71. The van der Waals surface area contributed by atoms with E-state index >= 15 is 0 Å². The molecule has 0 aliphatic rings. The molecule has 0 saturated heterocycles. The maximum atomic E-state index is 4.44. The molecule has 0 aliphatic carbocycles.